The Hall–Kier alpha value is -2.45. The van der Waals surface area contributed by atoms with E-state index in [0.29, 0.717) is 12.8 Å². The fourth-order valence-corrected chi connectivity index (χ4v) is 5.66. The van der Waals surface area contributed by atoms with Crippen LogP contribution in [0.5, 0.6) is 0 Å². The highest BCUT2D eigenvalue weighted by Crippen LogP contribution is 2.19. The van der Waals surface area contributed by atoms with Crippen molar-refractivity contribution < 1.29 is 32.0 Å². The third-order valence-corrected chi connectivity index (χ3v) is 8.86. The fraction of sp³-hybridized carbons (Fsp3) is 0.684. The normalized spacial score (nSPS) is 11.9. The van der Waals surface area contributed by atoms with E-state index in [2.05, 4.69) is 38.2 Å². The summed E-state index contributed by atoms with van der Waals surface area (Å²) in [6.45, 7) is 4.81. The van der Waals surface area contributed by atoms with Crippen molar-refractivity contribution in [3.05, 3.63) is 53.6 Å². The van der Waals surface area contributed by atoms with Crippen LogP contribution in [0.25, 0.3) is 0 Å². The number of carbonyl (C=O) groups is 2. The molecule has 0 aliphatic carbocycles. The Kier molecular flexibility index (Phi) is 25.0. The number of hydrogen-bond acceptors (Lipinski definition) is 6. The molecule has 0 atom stereocenters. The van der Waals surface area contributed by atoms with Crippen LogP contribution in [0.2, 0.25) is 0 Å². The second-order valence-electron chi connectivity index (χ2n) is 12.2. The molecule has 0 unspecified atom stereocenters. The summed E-state index contributed by atoms with van der Waals surface area (Å²) in [6, 6.07) is 3.26. The van der Waals surface area contributed by atoms with Crippen LogP contribution in [0.15, 0.2) is 47.4 Å². The third-order valence-electron chi connectivity index (χ3n) is 8.01. The lowest BCUT2D eigenvalue weighted by atomic mass is 10.1. The summed E-state index contributed by atoms with van der Waals surface area (Å²) in [6.07, 6.45) is 33.7. The minimum Gasteiger partial charge on any atom is -0.462 e. The fourth-order valence-electron chi connectivity index (χ4n) is 5.15. The van der Waals surface area contributed by atoms with Gasteiger partial charge in [-0.25, -0.2) is 9.59 Å². The lowest BCUT2D eigenvalue weighted by Gasteiger charge is -2.11. The van der Waals surface area contributed by atoms with Gasteiger partial charge in [0.1, 0.15) is 0 Å². The first-order chi connectivity index (χ1) is 22.3. The van der Waals surface area contributed by atoms with Crippen LogP contribution < -0.4 is 0 Å². The van der Waals surface area contributed by atoms with Crippen molar-refractivity contribution in [1.82, 2.24) is 0 Å². The zero-order chi connectivity index (χ0) is 33.7. The van der Waals surface area contributed by atoms with E-state index in [1.165, 1.54) is 83.1 Å². The molecule has 0 amide bonds. The second-order valence-corrected chi connectivity index (χ2v) is 13.6. The van der Waals surface area contributed by atoms with Crippen LogP contribution in [0, 0.1) is 0 Å². The number of hydrogen-bond donors (Lipinski definition) is 1. The Morgan fingerprint density at radius 3 is 1.35 bits per heavy atom. The minimum absolute atomic E-state index is 0.0698. The Labute approximate surface area is 280 Å². The molecule has 0 aliphatic rings. The van der Waals surface area contributed by atoms with Crippen LogP contribution in [0.4, 0.5) is 0 Å². The summed E-state index contributed by atoms with van der Waals surface area (Å²) in [5.41, 5.74) is -0.290. The second kappa shape index (κ2) is 27.6. The van der Waals surface area contributed by atoms with Crippen molar-refractivity contribution in [2.24, 2.45) is 0 Å². The standard InChI is InChI=1S/C38H62O7S/c1-3-5-7-9-11-13-15-17-19-21-23-25-27-31-44-37(39)35-30-29-34(46(41,42)43)33-36(35)38(40)45-32-28-26-24-22-20-18-16-14-12-10-8-6-4-2/h11-14,29-30,33H,3-10,15-28,31-32H2,1-2H3,(H,41,42,43)/b13-11+,14-12+. The van der Waals surface area contributed by atoms with Crippen molar-refractivity contribution in [2.75, 3.05) is 13.2 Å². The quantitative estimate of drug-likeness (QED) is 0.0393. The highest BCUT2D eigenvalue weighted by atomic mass is 32.2. The van der Waals surface area contributed by atoms with Gasteiger partial charge in [0.05, 0.1) is 29.2 Å². The molecule has 0 bridgehead atoms. The molecule has 0 saturated carbocycles. The van der Waals surface area contributed by atoms with Gasteiger partial charge in [-0.05, 0) is 82.4 Å². The average molecular weight is 663 g/mol. The summed E-state index contributed by atoms with van der Waals surface area (Å²) < 4.78 is 43.6. The molecule has 1 N–H and O–H groups in total. The summed E-state index contributed by atoms with van der Waals surface area (Å²) in [5, 5.41) is 0. The summed E-state index contributed by atoms with van der Waals surface area (Å²) in [7, 11) is -4.56. The van der Waals surface area contributed by atoms with Gasteiger partial charge < -0.3 is 9.47 Å². The summed E-state index contributed by atoms with van der Waals surface area (Å²) in [5.74, 6) is -1.52. The Morgan fingerprint density at radius 2 is 0.935 bits per heavy atom. The molecule has 0 heterocycles. The van der Waals surface area contributed by atoms with E-state index in [-0.39, 0.29) is 24.3 Å². The van der Waals surface area contributed by atoms with E-state index in [1.54, 1.807) is 0 Å². The molecule has 0 aromatic heterocycles. The first kappa shape index (κ1) is 41.6. The molecule has 1 aromatic rings. The molecular formula is C38H62O7S. The SMILES string of the molecule is CCCCC/C=C/CCCCCCCCOC(=O)c1ccc(S(=O)(=O)O)cc1C(=O)OCCCCCCCC/C=C/CCCCC. The Balaban J connectivity index is 2.36. The van der Waals surface area contributed by atoms with Gasteiger partial charge in [0.2, 0.25) is 0 Å². The third kappa shape index (κ3) is 21.4. The largest absolute Gasteiger partial charge is 0.462 e. The van der Waals surface area contributed by atoms with E-state index in [4.69, 9.17) is 9.47 Å². The van der Waals surface area contributed by atoms with Crippen LogP contribution in [0.1, 0.15) is 176 Å². The molecule has 0 saturated heterocycles. The van der Waals surface area contributed by atoms with Gasteiger partial charge in [0, 0.05) is 0 Å². The molecule has 7 nitrogen and oxygen atoms in total. The van der Waals surface area contributed by atoms with Crippen molar-refractivity contribution in [3.63, 3.8) is 0 Å². The molecular weight excluding hydrogens is 600 g/mol. The maximum Gasteiger partial charge on any atom is 0.339 e. The van der Waals surface area contributed by atoms with Gasteiger partial charge in [-0.3, -0.25) is 4.55 Å². The number of carbonyl (C=O) groups excluding carboxylic acids is 2. The maximum absolute atomic E-state index is 12.9. The first-order valence-electron chi connectivity index (χ1n) is 18.1. The van der Waals surface area contributed by atoms with Gasteiger partial charge in [-0.15, -0.1) is 0 Å². The van der Waals surface area contributed by atoms with E-state index in [9.17, 15) is 22.6 Å². The maximum atomic E-state index is 12.9. The van der Waals surface area contributed by atoms with E-state index < -0.39 is 27.0 Å². The summed E-state index contributed by atoms with van der Waals surface area (Å²) >= 11 is 0. The summed E-state index contributed by atoms with van der Waals surface area (Å²) in [4.78, 5) is 25.2. The molecule has 0 aliphatic heterocycles. The first-order valence-corrected chi connectivity index (χ1v) is 19.5. The van der Waals surface area contributed by atoms with Crippen molar-refractivity contribution in [1.29, 1.82) is 0 Å². The average Bonchev–Trinajstić information content (AvgIpc) is 3.04. The Morgan fingerprint density at radius 1 is 0.565 bits per heavy atom. The number of esters is 2. The van der Waals surface area contributed by atoms with Gasteiger partial charge >= 0.3 is 11.9 Å². The van der Waals surface area contributed by atoms with E-state index in [0.717, 1.165) is 63.5 Å². The molecule has 262 valence electrons. The van der Waals surface area contributed by atoms with Crippen LogP contribution in [-0.2, 0) is 19.6 Å². The predicted octanol–water partition coefficient (Wildman–Crippen LogP) is 11.0. The van der Waals surface area contributed by atoms with Gasteiger partial charge in [-0.1, -0.05) is 115 Å². The monoisotopic (exact) mass is 662 g/mol. The molecule has 46 heavy (non-hydrogen) atoms. The lowest BCUT2D eigenvalue weighted by molar-refractivity contribution is 0.0450. The topological polar surface area (TPSA) is 107 Å². The number of rotatable bonds is 29. The lowest BCUT2D eigenvalue weighted by Crippen LogP contribution is -2.16. The zero-order valence-corrected chi connectivity index (χ0v) is 29.6. The Bertz CT molecular complexity index is 1110. The van der Waals surface area contributed by atoms with Crippen molar-refractivity contribution in [3.8, 4) is 0 Å². The van der Waals surface area contributed by atoms with Crippen LogP contribution in [-0.4, -0.2) is 38.1 Å². The molecule has 1 aromatic carbocycles. The smallest absolute Gasteiger partial charge is 0.339 e. The zero-order valence-electron chi connectivity index (χ0n) is 28.8. The minimum atomic E-state index is -4.56. The molecule has 1 rings (SSSR count). The van der Waals surface area contributed by atoms with Crippen molar-refractivity contribution >= 4 is 22.1 Å². The predicted molar refractivity (Wildman–Crippen MR) is 188 cm³/mol. The van der Waals surface area contributed by atoms with E-state index >= 15 is 0 Å². The highest BCUT2D eigenvalue weighted by Gasteiger charge is 2.23. The highest BCUT2D eigenvalue weighted by molar-refractivity contribution is 7.85. The molecule has 0 radical (unpaired) electrons. The number of allylic oxidation sites excluding steroid dienone is 4. The number of ether oxygens (including phenoxy) is 2. The molecule has 0 fully saturated rings. The van der Waals surface area contributed by atoms with Gasteiger partial charge in [0.15, 0.2) is 0 Å². The van der Waals surface area contributed by atoms with E-state index in [1.807, 2.05) is 0 Å². The molecule has 8 heteroatoms. The van der Waals surface area contributed by atoms with Crippen molar-refractivity contribution in [2.45, 2.75) is 160 Å². The number of unbranched alkanes of at least 4 members (excludes halogenated alkanes) is 18. The number of benzene rings is 1. The van der Waals surface area contributed by atoms with Gasteiger partial charge in [-0.2, -0.15) is 8.42 Å². The molecule has 0 spiro atoms. The van der Waals surface area contributed by atoms with Crippen LogP contribution >= 0.6 is 0 Å². The van der Waals surface area contributed by atoms with Gasteiger partial charge in [0.25, 0.3) is 10.1 Å². The van der Waals surface area contributed by atoms with Crippen LogP contribution in [0.3, 0.4) is 0 Å².